The van der Waals surface area contributed by atoms with Gasteiger partial charge in [0.15, 0.2) is 0 Å². The number of hydrogen-bond acceptors (Lipinski definition) is 3. The highest BCUT2D eigenvalue weighted by molar-refractivity contribution is 5.91. The Labute approximate surface area is 150 Å². The Bertz CT molecular complexity index is 710. The van der Waals surface area contributed by atoms with Crippen LogP contribution in [0.5, 0.6) is 11.5 Å². The van der Waals surface area contributed by atoms with Gasteiger partial charge in [0, 0.05) is 18.2 Å². The zero-order valence-electron chi connectivity index (χ0n) is 15.7. The first-order valence-electron chi connectivity index (χ1n) is 8.45. The second-order valence-electron chi connectivity index (χ2n) is 7.06. The largest absolute Gasteiger partial charge is 0.497 e. The monoisotopic (exact) mass is 341 g/mol. The van der Waals surface area contributed by atoms with Gasteiger partial charge < -0.3 is 14.8 Å². The van der Waals surface area contributed by atoms with Gasteiger partial charge in [-0.1, -0.05) is 39.0 Å². The highest BCUT2D eigenvalue weighted by atomic mass is 16.5. The van der Waals surface area contributed by atoms with E-state index in [0.29, 0.717) is 12.8 Å². The normalized spacial score (nSPS) is 11.1. The van der Waals surface area contributed by atoms with Crippen molar-refractivity contribution in [2.75, 3.05) is 19.5 Å². The summed E-state index contributed by atoms with van der Waals surface area (Å²) in [5, 5.41) is 3.04. The number of nitrogens with one attached hydrogen (secondary N) is 1. The van der Waals surface area contributed by atoms with Crippen molar-refractivity contribution in [2.45, 2.75) is 39.0 Å². The lowest BCUT2D eigenvalue weighted by molar-refractivity contribution is -0.116. The predicted molar refractivity (Wildman–Crippen MR) is 102 cm³/mol. The van der Waals surface area contributed by atoms with Crippen molar-refractivity contribution < 1.29 is 14.3 Å². The summed E-state index contributed by atoms with van der Waals surface area (Å²) in [5.41, 5.74) is 2.99. The van der Waals surface area contributed by atoms with Crippen molar-refractivity contribution in [1.29, 1.82) is 0 Å². The molecule has 0 radical (unpaired) electrons. The van der Waals surface area contributed by atoms with Crippen LogP contribution in [0.3, 0.4) is 0 Å². The molecule has 134 valence electrons. The molecule has 0 atom stereocenters. The first kappa shape index (κ1) is 18.8. The molecule has 0 spiro atoms. The Balaban J connectivity index is 2.05. The number of carbonyl (C=O) groups is 1. The number of amides is 1. The fourth-order valence-electron chi connectivity index (χ4n) is 2.73. The Morgan fingerprint density at radius 2 is 1.60 bits per heavy atom. The number of hydrogen-bond donors (Lipinski definition) is 1. The minimum absolute atomic E-state index is 0.00140. The van der Waals surface area contributed by atoms with E-state index < -0.39 is 0 Å². The third-order valence-electron chi connectivity index (χ3n) is 4.06. The average molecular weight is 341 g/mol. The smallest absolute Gasteiger partial charge is 0.224 e. The van der Waals surface area contributed by atoms with E-state index in [1.54, 1.807) is 14.2 Å². The number of anilines is 1. The summed E-state index contributed by atoms with van der Waals surface area (Å²) in [6.07, 6.45) is 1.02. The maximum Gasteiger partial charge on any atom is 0.224 e. The number of rotatable bonds is 6. The summed E-state index contributed by atoms with van der Waals surface area (Å²) >= 11 is 0. The third kappa shape index (κ3) is 5.24. The minimum atomic E-state index is -0.0238. The van der Waals surface area contributed by atoms with Crippen LogP contribution in [0.1, 0.15) is 38.3 Å². The molecule has 4 nitrogen and oxygen atoms in total. The number of ether oxygens (including phenoxy) is 2. The maximum atomic E-state index is 12.4. The van der Waals surface area contributed by atoms with Crippen LogP contribution < -0.4 is 14.8 Å². The van der Waals surface area contributed by atoms with Crippen molar-refractivity contribution in [3.8, 4) is 11.5 Å². The SMILES string of the molecule is COc1cc(CCC(=O)Nc2ccccc2C(C)(C)C)cc(OC)c1. The van der Waals surface area contributed by atoms with Gasteiger partial charge in [-0.25, -0.2) is 0 Å². The minimum Gasteiger partial charge on any atom is -0.497 e. The second-order valence-corrected chi connectivity index (χ2v) is 7.06. The van der Waals surface area contributed by atoms with Crippen LogP contribution in [-0.2, 0) is 16.6 Å². The zero-order valence-corrected chi connectivity index (χ0v) is 15.7. The lowest BCUT2D eigenvalue weighted by Gasteiger charge is -2.23. The maximum absolute atomic E-state index is 12.4. The highest BCUT2D eigenvalue weighted by Gasteiger charge is 2.18. The molecule has 2 aromatic rings. The van der Waals surface area contributed by atoms with Gasteiger partial charge in [-0.05, 0) is 41.2 Å². The molecule has 25 heavy (non-hydrogen) atoms. The van der Waals surface area contributed by atoms with Crippen molar-refractivity contribution >= 4 is 11.6 Å². The summed E-state index contributed by atoms with van der Waals surface area (Å²) < 4.78 is 10.5. The quantitative estimate of drug-likeness (QED) is 0.837. The third-order valence-corrected chi connectivity index (χ3v) is 4.06. The van der Waals surface area contributed by atoms with Gasteiger partial charge in [0.05, 0.1) is 14.2 Å². The molecule has 0 saturated heterocycles. The molecule has 2 aromatic carbocycles. The molecule has 2 rings (SSSR count). The van der Waals surface area contributed by atoms with E-state index in [1.165, 1.54) is 0 Å². The topological polar surface area (TPSA) is 47.6 Å². The molecule has 0 aliphatic carbocycles. The van der Waals surface area contributed by atoms with E-state index in [2.05, 4.69) is 32.2 Å². The van der Waals surface area contributed by atoms with E-state index in [9.17, 15) is 4.79 Å². The van der Waals surface area contributed by atoms with Gasteiger partial charge >= 0.3 is 0 Å². The van der Waals surface area contributed by atoms with Gasteiger partial charge in [-0.2, -0.15) is 0 Å². The molecule has 1 amide bonds. The van der Waals surface area contributed by atoms with Crippen molar-refractivity contribution in [1.82, 2.24) is 0 Å². The van der Waals surface area contributed by atoms with Crippen LogP contribution in [0, 0.1) is 0 Å². The van der Waals surface area contributed by atoms with E-state index in [0.717, 1.165) is 28.3 Å². The van der Waals surface area contributed by atoms with Crippen LogP contribution in [-0.4, -0.2) is 20.1 Å². The van der Waals surface area contributed by atoms with Gasteiger partial charge in [0.25, 0.3) is 0 Å². The van der Waals surface area contributed by atoms with E-state index in [1.807, 2.05) is 36.4 Å². The number of carbonyl (C=O) groups excluding carboxylic acids is 1. The summed E-state index contributed by atoms with van der Waals surface area (Å²) in [7, 11) is 3.24. The fourth-order valence-corrected chi connectivity index (χ4v) is 2.73. The summed E-state index contributed by atoms with van der Waals surface area (Å²) in [5.74, 6) is 1.46. The van der Waals surface area contributed by atoms with Gasteiger partial charge in [-0.15, -0.1) is 0 Å². The van der Waals surface area contributed by atoms with E-state index in [-0.39, 0.29) is 11.3 Å². The molecule has 0 fully saturated rings. The van der Waals surface area contributed by atoms with Gasteiger partial charge in [0.1, 0.15) is 11.5 Å². The molecule has 0 aromatic heterocycles. The molecule has 1 N–H and O–H groups in total. The van der Waals surface area contributed by atoms with Gasteiger partial charge in [0.2, 0.25) is 5.91 Å². The standard InChI is InChI=1S/C21H27NO3/c1-21(2,3)18-8-6-7-9-19(18)22-20(23)11-10-15-12-16(24-4)14-17(13-15)25-5/h6-9,12-14H,10-11H2,1-5H3,(H,22,23). The molecule has 0 saturated carbocycles. The van der Waals surface area contributed by atoms with Crippen LogP contribution in [0.4, 0.5) is 5.69 Å². The van der Waals surface area contributed by atoms with Crippen LogP contribution in [0.25, 0.3) is 0 Å². The number of aryl methyl sites for hydroxylation is 1. The molecule has 0 aliphatic rings. The molecule has 0 heterocycles. The molecule has 4 heteroatoms. The van der Waals surface area contributed by atoms with Gasteiger partial charge in [-0.3, -0.25) is 4.79 Å². The summed E-state index contributed by atoms with van der Waals surface area (Å²) in [6.45, 7) is 6.42. The highest BCUT2D eigenvalue weighted by Crippen LogP contribution is 2.29. The summed E-state index contributed by atoms with van der Waals surface area (Å²) in [4.78, 5) is 12.4. The van der Waals surface area contributed by atoms with E-state index >= 15 is 0 Å². The molecular weight excluding hydrogens is 314 g/mol. The van der Waals surface area contributed by atoms with E-state index in [4.69, 9.17) is 9.47 Å². The Morgan fingerprint density at radius 1 is 1.00 bits per heavy atom. The number of methoxy groups -OCH3 is 2. The molecule has 0 bridgehead atoms. The van der Waals surface area contributed by atoms with Crippen LogP contribution in [0.2, 0.25) is 0 Å². The molecule has 0 aliphatic heterocycles. The Morgan fingerprint density at radius 3 is 2.16 bits per heavy atom. The Kier molecular flexibility index (Phi) is 6.07. The number of benzene rings is 2. The number of para-hydroxylation sites is 1. The summed E-state index contributed by atoms with van der Waals surface area (Å²) in [6, 6.07) is 13.6. The average Bonchev–Trinajstić information content (AvgIpc) is 2.59. The van der Waals surface area contributed by atoms with Crippen molar-refractivity contribution in [3.63, 3.8) is 0 Å². The van der Waals surface area contributed by atoms with Crippen molar-refractivity contribution in [3.05, 3.63) is 53.6 Å². The molecular formula is C21H27NO3. The fraction of sp³-hybridized carbons (Fsp3) is 0.381. The Hall–Kier alpha value is -2.49. The predicted octanol–water partition coefficient (Wildman–Crippen LogP) is 4.57. The molecule has 0 unspecified atom stereocenters. The van der Waals surface area contributed by atoms with Crippen LogP contribution >= 0.6 is 0 Å². The lowest BCUT2D eigenvalue weighted by atomic mass is 9.86. The first-order valence-corrected chi connectivity index (χ1v) is 8.45. The lowest BCUT2D eigenvalue weighted by Crippen LogP contribution is -2.18. The zero-order chi connectivity index (χ0) is 18.4. The first-order chi connectivity index (χ1) is 11.8. The van der Waals surface area contributed by atoms with Crippen LogP contribution in [0.15, 0.2) is 42.5 Å². The van der Waals surface area contributed by atoms with Crippen molar-refractivity contribution in [2.24, 2.45) is 0 Å². The second kappa shape index (κ2) is 8.06.